The fourth-order valence-electron chi connectivity index (χ4n) is 5.46. The fraction of sp³-hybridized carbons (Fsp3) is 0.481. The van der Waals surface area contributed by atoms with Gasteiger partial charge in [0.25, 0.3) is 0 Å². The Bertz CT molecular complexity index is 1240. The Morgan fingerprint density at radius 3 is 2.49 bits per heavy atom. The number of aryl methyl sites for hydroxylation is 1. The molecule has 3 aromatic rings. The summed E-state index contributed by atoms with van der Waals surface area (Å²) < 4.78 is 21.4. The molecule has 9 nitrogen and oxygen atoms in total. The number of halogens is 1. The van der Waals surface area contributed by atoms with Crippen molar-refractivity contribution >= 4 is 23.0 Å². The third kappa shape index (κ3) is 5.27. The van der Waals surface area contributed by atoms with Gasteiger partial charge in [-0.05, 0) is 55.3 Å². The van der Waals surface area contributed by atoms with Crippen molar-refractivity contribution in [3.05, 3.63) is 54.1 Å². The summed E-state index contributed by atoms with van der Waals surface area (Å²) >= 11 is 0. The van der Waals surface area contributed by atoms with Crippen LogP contribution in [0.1, 0.15) is 12.0 Å². The van der Waals surface area contributed by atoms with Crippen LogP contribution in [0.2, 0.25) is 0 Å². The van der Waals surface area contributed by atoms with E-state index < -0.39 is 0 Å². The van der Waals surface area contributed by atoms with E-state index in [1.54, 1.807) is 11.0 Å². The third-order valence-electron chi connectivity index (χ3n) is 7.67. The highest BCUT2D eigenvalue weighted by atomic mass is 19.1. The second-order valence-corrected chi connectivity index (χ2v) is 10.4. The molecule has 4 heterocycles. The molecule has 1 aromatic heterocycles. The van der Waals surface area contributed by atoms with Gasteiger partial charge in [-0.15, -0.1) is 5.10 Å². The zero-order chi connectivity index (χ0) is 25.4. The van der Waals surface area contributed by atoms with Gasteiger partial charge in [0.15, 0.2) is 0 Å². The minimum atomic E-state index is -0.321. The lowest BCUT2D eigenvalue weighted by molar-refractivity contribution is -0.0660. The van der Waals surface area contributed by atoms with E-state index in [0.29, 0.717) is 17.7 Å². The fourth-order valence-corrected chi connectivity index (χ4v) is 5.46. The number of benzene rings is 2. The number of aliphatic hydroxyl groups is 1. The molecule has 3 fully saturated rings. The molecule has 0 saturated carbocycles. The van der Waals surface area contributed by atoms with Crippen molar-refractivity contribution in [1.29, 1.82) is 0 Å². The van der Waals surface area contributed by atoms with Crippen LogP contribution in [0.5, 0.6) is 0 Å². The van der Waals surface area contributed by atoms with Crippen molar-refractivity contribution in [3.63, 3.8) is 0 Å². The maximum absolute atomic E-state index is 14.5. The Kier molecular flexibility index (Phi) is 6.71. The highest BCUT2D eigenvalue weighted by Crippen LogP contribution is 2.28. The van der Waals surface area contributed by atoms with Gasteiger partial charge in [-0.2, -0.15) is 4.98 Å². The number of aromatic nitrogens is 3. The van der Waals surface area contributed by atoms with Crippen LogP contribution in [0.15, 0.2) is 42.7 Å². The monoisotopic (exact) mass is 507 g/mol. The second-order valence-electron chi connectivity index (χ2n) is 10.4. The number of nitrogens with zero attached hydrogens (tertiary/aromatic N) is 6. The van der Waals surface area contributed by atoms with Crippen LogP contribution in [0.4, 0.5) is 27.4 Å². The largest absolute Gasteiger partial charge is 0.396 e. The summed E-state index contributed by atoms with van der Waals surface area (Å²) in [7, 11) is 0. The molecule has 0 bridgehead atoms. The Hall–Kier alpha value is -3.21. The zero-order valence-electron chi connectivity index (χ0n) is 21.2. The first-order valence-electron chi connectivity index (χ1n) is 13.1. The molecule has 0 amide bonds. The van der Waals surface area contributed by atoms with Gasteiger partial charge in [0.05, 0.1) is 24.9 Å². The Morgan fingerprint density at radius 2 is 1.76 bits per heavy atom. The normalized spacial score (nSPS) is 20.9. The van der Waals surface area contributed by atoms with E-state index in [2.05, 4.69) is 55.2 Å². The van der Waals surface area contributed by atoms with Gasteiger partial charge in [0.1, 0.15) is 12.1 Å². The number of piperazine rings is 1. The average molecular weight is 508 g/mol. The van der Waals surface area contributed by atoms with E-state index in [4.69, 9.17) is 4.74 Å². The van der Waals surface area contributed by atoms with Gasteiger partial charge < -0.3 is 25.0 Å². The van der Waals surface area contributed by atoms with E-state index >= 15 is 0 Å². The van der Waals surface area contributed by atoms with Gasteiger partial charge in [-0.3, -0.25) is 4.90 Å². The van der Waals surface area contributed by atoms with Gasteiger partial charge in [-0.25, -0.2) is 9.07 Å². The topological polar surface area (TPSA) is 81.9 Å². The number of anilines is 4. The summed E-state index contributed by atoms with van der Waals surface area (Å²) in [5.74, 6) is 0.367. The molecule has 0 spiro atoms. The summed E-state index contributed by atoms with van der Waals surface area (Å²) in [6.45, 7) is 9.57. The summed E-state index contributed by atoms with van der Waals surface area (Å²) in [5.41, 5.74) is 4.69. The van der Waals surface area contributed by atoms with Crippen LogP contribution in [-0.4, -0.2) is 89.9 Å². The molecule has 10 heteroatoms. The van der Waals surface area contributed by atoms with Crippen molar-refractivity contribution in [2.75, 3.05) is 74.2 Å². The molecule has 3 saturated heterocycles. The lowest BCUT2D eigenvalue weighted by Crippen LogP contribution is -2.56. The van der Waals surface area contributed by atoms with Crippen LogP contribution in [0, 0.1) is 18.7 Å². The van der Waals surface area contributed by atoms with Crippen LogP contribution in [-0.2, 0) is 4.74 Å². The van der Waals surface area contributed by atoms with Crippen molar-refractivity contribution < 1.29 is 14.2 Å². The molecule has 1 atom stereocenters. The molecule has 2 aromatic carbocycles. The SMILES string of the molecule is Cc1cc(Nc2ncn(-c3cc(F)cc(N4CCC(CO)C4)c3)n2)cc(N2CCN(C3COC3)CC2)c1. The Morgan fingerprint density at radius 1 is 0.973 bits per heavy atom. The Balaban J connectivity index is 1.15. The first-order valence-corrected chi connectivity index (χ1v) is 13.1. The average Bonchev–Trinajstić information content (AvgIpc) is 3.53. The van der Waals surface area contributed by atoms with E-state index in [1.165, 1.54) is 17.8 Å². The third-order valence-corrected chi connectivity index (χ3v) is 7.67. The number of rotatable bonds is 7. The summed E-state index contributed by atoms with van der Waals surface area (Å²) in [4.78, 5) is 11.5. The van der Waals surface area contributed by atoms with Crippen molar-refractivity contribution in [1.82, 2.24) is 19.7 Å². The van der Waals surface area contributed by atoms with Crippen LogP contribution in [0.25, 0.3) is 5.69 Å². The highest BCUT2D eigenvalue weighted by molar-refractivity contribution is 5.64. The number of hydrogen-bond donors (Lipinski definition) is 2. The smallest absolute Gasteiger partial charge is 0.246 e. The van der Waals surface area contributed by atoms with Crippen molar-refractivity contribution in [3.8, 4) is 5.69 Å². The summed E-state index contributed by atoms with van der Waals surface area (Å²) in [6, 6.07) is 11.9. The molecule has 196 valence electrons. The molecule has 0 aliphatic carbocycles. The predicted molar refractivity (Wildman–Crippen MR) is 142 cm³/mol. The van der Waals surface area contributed by atoms with Crippen LogP contribution < -0.4 is 15.1 Å². The minimum Gasteiger partial charge on any atom is -0.396 e. The first-order chi connectivity index (χ1) is 18.0. The van der Waals surface area contributed by atoms with E-state index in [1.807, 2.05) is 6.07 Å². The molecule has 6 rings (SSSR count). The number of ether oxygens (including phenoxy) is 1. The van der Waals surface area contributed by atoms with E-state index in [0.717, 1.165) is 75.8 Å². The van der Waals surface area contributed by atoms with E-state index in [-0.39, 0.29) is 18.3 Å². The van der Waals surface area contributed by atoms with Crippen molar-refractivity contribution in [2.45, 2.75) is 19.4 Å². The number of nitrogens with one attached hydrogen (secondary N) is 1. The van der Waals surface area contributed by atoms with Gasteiger partial charge in [0.2, 0.25) is 5.95 Å². The molecule has 3 aliphatic heterocycles. The van der Waals surface area contributed by atoms with E-state index in [9.17, 15) is 9.50 Å². The second kappa shape index (κ2) is 10.3. The molecular weight excluding hydrogens is 473 g/mol. The van der Waals surface area contributed by atoms with Crippen LogP contribution in [0.3, 0.4) is 0 Å². The number of hydrogen-bond acceptors (Lipinski definition) is 8. The predicted octanol–water partition coefficient (Wildman–Crippen LogP) is 2.80. The standard InChI is InChI=1S/C27H34FN7O2/c1-19-8-22(12-23(9-19)32-4-6-33(7-5-32)26-16-37-17-26)30-27-29-18-35(31-27)25-11-21(28)10-24(13-25)34-3-2-20(14-34)15-36/h8-13,18,20,26,36H,2-7,14-17H2,1H3,(H,30,31). The maximum Gasteiger partial charge on any atom is 0.246 e. The van der Waals surface area contributed by atoms with Gasteiger partial charge in [-0.1, -0.05) is 0 Å². The molecule has 0 radical (unpaired) electrons. The molecule has 1 unspecified atom stereocenters. The molecule has 3 aliphatic rings. The highest BCUT2D eigenvalue weighted by Gasteiger charge is 2.29. The lowest BCUT2D eigenvalue weighted by Gasteiger charge is -2.43. The Labute approximate surface area is 216 Å². The summed E-state index contributed by atoms with van der Waals surface area (Å²) in [6.07, 6.45) is 2.50. The van der Waals surface area contributed by atoms with Gasteiger partial charge in [0, 0.05) is 68.9 Å². The molecular formula is C27H34FN7O2. The lowest BCUT2D eigenvalue weighted by atomic mass is 10.1. The molecule has 37 heavy (non-hydrogen) atoms. The minimum absolute atomic E-state index is 0.156. The van der Waals surface area contributed by atoms with Crippen LogP contribution >= 0.6 is 0 Å². The van der Waals surface area contributed by atoms with Gasteiger partial charge >= 0.3 is 0 Å². The molecule has 2 N–H and O–H groups in total. The zero-order valence-corrected chi connectivity index (χ0v) is 21.2. The maximum atomic E-state index is 14.5. The summed E-state index contributed by atoms with van der Waals surface area (Å²) in [5, 5.41) is 17.4. The van der Waals surface area contributed by atoms with Crippen molar-refractivity contribution in [2.24, 2.45) is 5.92 Å². The first kappa shape index (κ1) is 24.1. The quantitative estimate of drug-likeness (QED) is 0.505. The number of aliphatic hydroxyl groups excluding tert-OH is 1.